The fourth-order valence-corrected chi connectivity index (χ4v) is 3.55. The smallest absolute Gasteiger partial charge is 0.190 e. The van der Waals surface area contributed by atoms with Crippen molar-refractivity contribution in [2.45, 2.75) is 67.7 Å². The topological polar surface area (TPSA) is 9.23 Å². The lowest BCUT2D eigenvalue weighted by molar-refractivity contribution is -0.969. The highest BCUT2D eigenvalue weighted by molar-refractivity contribution is 4.53. The summed E-state index contributed by atoms with van der Waals surface area (Å²) < 4.78 is 8.64. The van der Waals surface area contributed by atoms with E-state index in [1.807, 2.05) is 0 Å². The number of nitrogens with zero attached hydrogens (tertiary/aromatic N) is 2. The number of hydrogen-bond donors (Lipinski definition) is 0. The Balaban J connectivity index is -0.00000180. The lowest BCUT2D eigenvalue weighted by Crippen LogP contribution is -3.00. The summed E-state index contributed by atoms with van der Waals surface area (Å²) in [6.45, 7) is 26.4. The Bertz CT molecular complexity index is 241. The minimum absolute atomic E-state index is 0. The van der Waals surface area contributed by atoms with Crippen molar-refractivity contribution < 1.29 is 61.7 Å². The van der Waals surface area contributed by atoms with Crippen molar-refractivity contribution in [1.29, 1.82) is 0 Å². The Morgan fingerprint density at radius 1 is 0.682 bits per heavy atom. The molecular weight excluding hydrogens is 502 g/mol. The van der Waals surface area contributed by atoms with Crippen LogP contribution in [0.2, 0.25) is 0 Å². The summed E-state index contributed by atoms with van der Waals surface area (Å²) in [5, 5.41) is 0. The number of quaternary nitrogens is 2. The molecule has 0 saturated heterocycles. The summed E-state index contributed by atoms with van der Waals surface area (Å²) in [7, 11) is 0. The minimum atomic E-state index is 0. The third-order valence-corrected chi connectivity index (χ3v) is 5.75. The highest BCUT2D eigenvalue weighted by Crippen LogP contribution is 2.18. The van der Waals surface area contributed by atoms with Gasteiger partial charge in [0, 0.05) is 6.92 Å². The molecule has 0 aromatic rings. The maximum absolute atomic E-state index is 6.41. The number of halogens is 2. The van der Waals surface area contributed by atoms with Gasteiger partial charge in [0.15, 0.2) is 6.23 Å². The Labute approximate surface area is 174 Å². The second-order valence-electron chi connectivity index (χ2n) is 6.19. The number of likely N-dealkylation sites (N-methyl/N-ethyl adjacent to an activating group) is 1. The predicted octanol–water partition coefficient (Wildman–Crippen LogP) is -2.50. The second kappa shape index (κ2) is 13.6. The summed E-state index contributed by atoms with van der Waals surface area (Å²) in [4.78, 5) is 0. The maximum Gasteiger partial charge on any atom is 0.190 e. The molecule has 2 atom stereocenters. The first-order valence-corrected chi connectivity index (χ1v) is 8.75. The molecule has 0 amide bonds. The van der Waals surface area contributed by atoms with E-state index in [9.17, 15) is 0 Å². The van der Waals surface area contributed by atoms with Crippen LogP contribution in [0, 0.1) is 0 Å². The van der Waals surface area contributed by atoms with Crippen LogP contribution >= 0.6 is 0 Å². The van der Waals surface area contributed by atoms with E-state index < -0.39 is 0 Å². The summed E-state index contributed by atoms with van der Waals surface area (Å²) in [5.41, 5.74) is 0. The van der Waals surface area contributed by atoms with Gasteiger partial charge in [-0.1, -0.05) is 0 Å². The monoisotopic (exact) mass is 542 g/mol. The zero-order valence-corrected chi connectivity index (χ0v) is 20.5. The summed E-state index contributed by atoms with van der Waals surface area (Å²) in [5.74, 6) is 0. The molecule has 2 unspecified atom stereocenters. The molecule has 0 aromatic carbocycles. The first-order chi connectivity index (χ1) is 9.39. The van der Waals surface area contributed by atoms with E-state index in [2.05, 4.69) is 55.4 Å². The van der Waals surface area contributed by atoms with Crippen LogP contribution in [-0.2, 0) is 4.74 Å². The molecule has 0 rings (SSSR count). The number of hydrogen-bond acceptors (Lipinski definition) is 1. The van der Waals surface area contributed by atoms with Crippen molar-refractivity contribution >= 4 is 0 Å². The van der Waals surface area contributed by atoms with Crippen molar-refractivity contribution in [2.75, 3.05) is 45.8 Å². The van der Waals surface area contributed by atoms with Crippen molar-refractivity contribution in [3.8, 4) is 0 Å². The fourth-order valence-electron chi connectivity index (χ4n) is 3.55. The molecule has 22 heavy (non-hydrogen) atoms. The van der Waals surface area contributed by atoms with Crippen LogP contribution in [0.1, 0.15) is 55.4 Å². The van der Waals surface area contributed by atoms with Crippen LogP contribution in [0.4, 0.5) is 0 Å². The third kappa shape index (κ3) is 7.49. The minimum Gasteiger partial charge on any atom is -1.00 e. The van der Waals surface area contributed by atoms with Gasteiger partial charge in [-0.25, -0.2) is 0 Å². The molecule has 0 aliphatic heterocycles. The van der Waals surface area contributed by atoms with E-state index >= 15 is 0 Å². The van der Waals surface area contributed by atoms with Gasteiger partial charge >= 0.3 is 0 Å². The van der Waals surface area contributed by atoms with Crippen LogP contribution < -0.4 is 48.0 Å². The molecule has 138 valence electrons. The SMILES string of the molecule is CC[N+](CC)(CC)CC(C)OC(C)[N+](CC)(CC)CC.[I-].[I-]. The molecular formula is C17H40I2N2O. The lowest BCUT2D eigenvalue weighted by Gasteiger charge is -2.43. The van der Waals surface area contributed by atoms with Crippen LogP contribution in [0.3, 0.4) is 0 Å². The molecule has 0 N–H and O–H groups in total. The van der Waals surface area contributed by atoms with Gasteiger partial charge in [0.1, 0.15) is 12.6 Å². The third-order valence-electron chi connectivity index (χ3n) is 5.75. The Morgan fingerprint density at radius 2 is 1.05 bits per heavy atom. The Kier molecular flexibility index (Phi) is 17.4. The average Bonchev–Trinajstić information content (AvgIpc) is 2.47. The van der Waals surface area contributed by atoms with Gasteiger partial charge in [-0.15, -0.1) is 0 Å². The summed E-state index contributed by atoms with van der Waals surface area (Å²) in [6.07, 6.45) is 0.615. The highest BCUT2D eigenvalue weighted by atomic mass is 127. The molecule has 0 aliphatic carbocycles. The largest absolute Gasteiger partial charge is 1.00 e. The van der Waals surface area contributed by atoms with Crippen LogP contribution in [0.15, 0.2) is 0 Å². The van der Waals surface area contributed by atoms with E-state index in [0.29, 0.717) is 6.10 Å². The van der Waals surface area contributed by atoms with Crippen molar-refractivity contribution in [1.82, 2.24) is 0 Å². The fraction of sp³-hybridized carbons (Fsp3) is 1.00. The van der Waals surface area contributed by atoms with Gasteiger partial charge in [0.05, 0.1) is 39.3 Å². The predicted molar refractivity (Wildman–Crippen MR) is 88.6 cm³/mol. The van der Waals surface area contributed by atoms with Crippen molar-refractivity contribution in [2.24, 2.45) is 0 Å². The average molecular weight is 542 g/mol. The quantitative estimate of drug-likeness (QED) is 0.160. The molecule has 0 spiro atoms. The highest BCUT2D eigenvalue weighted by Gasteiger charge is 2.33. The number of rotatable bonds is 11. The zero-order valence-electron chi connectivity index (χ0n) is 16.2. The molecule has 0 aromatic heterocycles. The van der Waals surface area contributed by atoms with Gasteiger partial charge in [-0.2, -0.15) is 0 Å². The molecule has 5 heteroatoms. The first-order valence-electron chi connectivity index (χ1n) is 8.75. The van der Waals surface area contributed by atoms with Crippen molar-refractivity contribution in [3.63, 3.8) is 0 Å². The summed E-state index contributed by atoms with van der Waals surface area (Å²) in [6, 6.07) is 0. The van der Waals surface area contributed by atoms with E-state index in [0.717, 1.165) is 35.1 Å². The number of ether oxygens (including phenoxy) is 1. The van der Waals surface area contributed by atoms with Gasteiger partial charge in [-0.05, 0) is 48.5 Å². The Morgan fingerprint density at radius 3 is 1.32 bits per heavy atom. The van der Waals surface area contributed by atoms with Gasteiger partial charge in [0.2, 0.25) is 0 Å². The normalized spacial score (nSPS) is 14.7. The molecule has 0 heterocycles. The van der Waals surface area contributed by atoms with Crippen molar-refractivity contribution in [3.05, 3.63) is 0 Å². The zero-order chi connectivity index (χ0) is 15.8. The molecule has 0 aliphatic rings. The van der Waals surface area contributed by atoms with E-state index in [4.69, 9.17) is 4.74 Å². The first kappa shape index (κ1) is 28.2. The van der Waals surface area contributed by atoms with Crippen LogP contribution in [-0.4, -0.2) is 67.1 Å². The van der Waals surface area contributed by atoms with Gasteiger partial charge in [0.25, 0.3) is 0 Å². The maximum atomic E-state index is 6.41. The van der Waals surface area contributed by atoms with Crippen LogP contribution in [0.25, 0.3) is 0 Å². The van der Waals surface area contributed by atoms with Gasteiger partial charge < -0.3 is 57.2 Å². The molecule has 0 saturated carbocycles. The van der Waals surface area contributed by atoms with E-state index in [-0.39, 0.29) is 54.2 Å². The lowest BCUT2D eigenvalue weighted by atomic mass is 10.2. The van der Waals surface area contributed by atoms with Gasteiger partial charge in [-0.3, -0.25) is 4.48 Å². The second-order valence-corrected chi connectivity index (χ2v) is 6.19. The molecule has 3 nitrogen and oxygen atoms in total. The van der Waals surface area contributed by atoms with E-state index in [1.165, 1.54) is 19.6 Å². The van der Waals surface area contributed by atoms with E-state index in [1.54, 1.807) is 0 Å². The Hall–Kier alpha value is 1.34. The molecule has 0 bridgehead atoms. The summed E-state index contributed by atoms with van der Waals surface area (Å²) >= 11 is 0. The molecule has 0 radical (unpaired) electrons. The van der Waals surface area contributed by atoms with Crippen LogP contribution in [0.5, 0.6) is 0 Å². The molecule has 0 fully saturated rings. The standard InChI is InChI=1S/C17H40N2O.2HI/c1-9-18(10-2,11-3)15-16(7)20-17(8)19(12-4,13-5)14-6;;/h16-17H,9-15H2,1-8H3;2*1H/q+2;;/p-2.